The summed E-state index contributed by atoms with van der Waals surface area (Å²) >= 11 is 3.51. The van der Waals surface area contributed by atoms with E-state index >= 15 is 0 Å². The highest BCUT2D eigenvalue weighted by Crippen LogP contribution is 2.33. The van der Waals surface area contributed by atoms with Crippen LogP contribution in [-0.4, -0.2) is 40.0 Å². The van der Waals surface area contributed by atoms with E-state index in [0.717, 1.165) is 51.9 Å². The summed E-state index contributed by atoms with van der Waals surface area (Å²) in [6.07, 6.45) is 4.24. The summed E-state index contributed by atoms with van der Waals surface area (Å²) in [7, 11) is 0. The Morgan fingerprint density at radius 2 is 1.97 bits per heavy atom. The smallest absolute Gasteiger partial charge is 0.274 e. The number of halogens is 2. The van der Waals surface area contributed by atoms with Crippen LogP contribution in [0.3, 0.4) is 0 Å². The molecule has 1 saturated heterocycles. The lowest BCUT2D eigenvalue weighted by molar-refractivity contribution is 0.0835. The third-order valence-electron chi connectivity index (χ3n) is 6.85. The Balaban J connectivity index is 0.00000241. The summed E-state index contributed by atoms with van der Waals surface area (Å²) in [6, 6.07) is 9.83. The molecule has 2 aliphatic rings. The molecule has 0 bridgehead atoms. The quantitative estimate of drug-likeness (QED) is 0.395. The molecule has 2 aromatic heterocycles. The minimum atomic E-state index is -0.202. The summed E-state index contributed by atoms with van der Waals surface area (Å²) in [6.45, 7) is 4.00. The molecule has 0 unspecified atom stereocenters. The molecule has 7 nitrogen and oxygen atoms in total. The van der Waals surface area contributed by atoms with Crippen molar-refractivity contribution in [1.82, 2.24) is 14.4 Å². The third-order valence-corrected chi connectivity index (χ3v) is 7.35. The van der Waals surface area contributed by atoms with Crippen LogP contribution in [0.15, 0.2) is 45.8 Å². The Hall–Kier alpha value is -2.68. The Morgan fingerprint density at radius 3 is 2.76 bits per heavy atom. The first-order valence-electron chi connectivity index (χ1n) is 11.2. The van der Waals surface area contributed by atoms with Crippen molar-refractivity contribution in [3.8, 4) is 0 Å². The number of carbonyl (C=O) groups excluding carboxylic acids is 1. The number of benzene rings is 2. The van der Waals surface area contributed by atoms with E-state index in [2.05, 4.69) is 32.0 Å². The third kappa shape index (κ3) is 3.65. The number of anilines is 1. The summed E-state index contributed by atoms with van der Waals surface area (Å²) < 4.78 is 8.49. The fraction of sp³-hybridized carbons (Fsp3) is 0.320. The molecule has 9 heteroatoms. The molecule has 0 aliphatic carbocycles. The number of fused-ring (bicyclic) bond motifs is 4. The maximum atomic E-state index is 13.6. The maximum Gasteiger partial charge on any atom is 0.274 e. The van der Waals surface area contributed by atoms with Gasteiger partial charge in [-0.1, -0.05) is 15.9 Å². The molecule has 2 aromatic carbocycles. The van der Waals surface area contributed by atoms with Gasteiger partial charge in [-0.05, 0) is 67.6 Å². The molecule has 0 spiro atoms. The minimum absolute atomic E-state index is 0. The van der Waals surface area contributed by atoms with E-state index in [1.165, 1.54) is 0 Å². The lowest BCUT2D eigenvalue weighted by atomic mass is 9.99. The van der Waals surface area contributed by atoms with E-state index in [9.17, 15) is 9.59 Å². The van der Waals surface area contributed by atoms with Crippen molar-refractivity contribution in [3.63, 3.8) is 0 Å². The fourth-order valence-corrected chi connectivity index (χ4v) is 5.55. The average Bonchev–Trinajstić information content (AvgIpc) is 3.44. The first kappa shape index (κ1) is 23.1. The Labute approximate surface area is 210 Å². The molecule has 1 N–H and O–H groups in total. The van der Waals surface area contributed by atoms with Gasteiger partial charge in [0.05, 0.1) is 17.2 Å². The van der Waals surface area contributed by atoms with Gasteiger partial charge in [0, 0.05) is 41.4 Å². The normalized spacial score (nSPS) is 16.1. The van der Waals surface area contributed by atoms with Gasteiger partial charge in [-0.3, -0.25) is 14.0 Å². The SMILES string of the molecule is Cc1cc2c(cc1C(=O)N1CCc3cc(Br)ccc31)[nH]c(=O)c1cnc(C3CCOCC3)n12.Cl. The van der Waals surface area contributed by atoms with Gasteiger partial charge < -0.3 is 14.6 Å². The van der Waals surface area contributed by atoms with Gasteiger partial charge in [0.15, 0.2) is 0 Å². The first-order chi connectivity index (χ1) is 16.0. The number of nitrogens with zero attached hydrogens (tertiary/aromatic N) is 3. The summed E-state index contributed by atoms with van der Waals surface area (Å²) in [5.41, 5.74) is 5.41. The molecule has 176 valence electrons. The summed E-state index contributed by atoms with van der Waals surface area (Å²) in [5.74, 6) is 1.09. The molecule has 2 aliphatic heterocycles. The van der Waals surface area contributed by atoms with Gasteiger partial charge in [-0.15, -0.1) is 12.4 Å². The van der Waals surface area contributed by atoms with E-state index in [0.29, 0.717) is 36.4 Å². The Morgan fingerprint density at radius 1 is 1.18 bits per heavy atom. The molecular formula is C25H24BrClN4O3. The van der Waals surface area contributed by atoms with Crippen molar-refractivity contribution in [2.45, 2.75) is 32.1 Å². The van der Waals surface area contributed by atoms with Crippen LogP contribution in [0.25, 0.3) is 16.6 Å². The molecule has 0 atom stereocenters. The van der Waals surface area contributed by atoms with Crippen LogP contribution in [0, 0.1) is 6.92 Å². The second kappa shape index (κ2) is 8.83. The number of hydrogen-bond donors (Lipinski definition) is 1. The van der Waals surface area contributed by atoms with Crippen molar-refractivity contribution in [2.75, 3.05) is 24.7 Å². The van der Waals surface area contributed by atoms with E-state index in [1.54, 1.807) is 6.20 Å². The van der Waals surface area contributed by atoms with Crippen LogP contribution in [0.1, 0.15) is 46.1 Å². The zero-order chi connectivity index (χ0) is 22.7. The standard InChI is InChI=1S/C25H23BrN4O3.ClH/c1-14-10-21-19(12-18(14)25(32)29-7-4-16-11-17(26)2-3-20(16)29)28-24(31)22-13-27-23(30(21)22)15-5-8-33-9-6-15;/h2-3,10-13,15H,4-9H2,1H3,(H,28,31);1H. The number of rotatable bonds is 2. The molecule has 1 fully saturated rings. The molecule has 6 rings (SSSR count). The van der Waals surface area contributed by atoms with Gasteiger partial charge in [-0.2, -0.15) is 0 Å². The van der Waals surface area contributed by atoms with Crippen molar-refractivity contribution in [1.29, 1.82) is 0 Å². The summed E-state index contributed by atoms with van der Waals surface area (Å²) in [5, 5.41) is 0. The van der Waals surface area contributed by atoms with Crippen LogP contribution in [0.4, 0.5) is 5.69 Å². The highest BCUT2D eigenvalue weighted by molar-refractivity contribution is 9.10. The van der Waals surface area contributed by atoms with E-state index in [1.807, 2.05) is 40.5 Å². The lowest BCUT2D eigenvalue weighted by Gasteiger charge is -2.22. The molecule has 0 saturated carbocycles. The number of aryl methyl sites for hydroxylation is 1. The highest BCUT2D eigenvalue weighted by Gasteiger charge is 2.28. The minimum Gasteiger partial charge on any atom is -0.381 e. The number of H-pyrrole nitrogens is 1. The van der Waals surface area contributed by atoms with Crippen molar-refractivity contribution in [3.05, 3.63) is 73.9 Å². The van der Waals surface area contributed by atoms with Crippen molar-refractivity contribution >= 4 is 56.5 Å². The molecular weight excluding hydrogens is 520 g/mol. The largest absolute Gasteiger partial charge is 0.381 e. The molecule has 4 aromatic rings. The number of amides is 1. The van der Waals surface area contributed by atoms with E-state index in [4.69, 9.17) is 4.74 Å². The number of aromatic amines is 1. The number of nitrogens with one attached hydrogen (secondary N) is 1. The molecule has 0 radical (unpaired) electrons. The Kier molecular flexibility index (Phi) is 6.00. The zero-order valence-corrected chi connectivity index (χ0v) is 21.0. The topological polar surface area (TPSA) is 79.7 Å². The second-order valence-electron chi connectivity index (χ2n) is 8.84. The predicted octanol–water partition coefficient (Wildman–Crippen LogP) is 4.77. The number of imidazole rings is 1. The van der Waals surface area contributed by atoms with Crippen LogP contribution in [-0.2, 0) is 11.2 Å². The van der Waals surface area contributed by atoms with Crippen molar-refractivity contribution < 1.29 is 9.53 Å². The number of aromatic nitrogens is 3. The average molecular weight is 544 g/mol. The van der Waals surface area contributed by atoms with Gasteiger partial charge in [0.25, 0.3) is 11.5 Å². The maximum absolute atomic E-state index is 13.6. The van der Waals surface area contributed by atoms with E-state index in [-0.39, 0.29) is 29.8 Å². The Bertz CT molecular complexity index is 1490. The molecule has 34 heavy (non-hydrogen) atoms. The molecule has 4 heterocycles. The lowest BCUT2D eigenvalue weighted by Crippen LogP contribution is -2.29. The predicted molar refractivity (Wildman–Crippen MR) is 138 cm³/mol. The second-order valence-corrected chi connectivity index (χ2v) is 9.76. The van der Waals surface area contributed by atoms with Gasteiger partial charge in [0.2, 0.25) is 0 Å². The summed E-state index contributed by atoms with van der Waals surface area (Å²) in [4.78, 5) is 35.8. The van der Waals surface area contributed by atoms with Gasteiger partial charge in [-0.25, -0.2) is 4.98 Å². The van der Waals surface area contributed by atoms with Crippen LogP contribution >= 0.6 is 28.3 Å². The zero-order valence-electron chi connectivity index (χ0n) is 18.6. The van der Waals surface area contributed by atoms with Crippen LogP contribution < -0.4 is 10.5 Å². The van der Waals surface area contributed by atoms with Crippen LogP contribution in [0.5, 0.6) is 0 Å². The van der Waals surface area contributed by atoms with Crippen LogP contribution in [0.2, 0.25) is 0 Å². The number of ether oxygens (including phenoxy) is 1. The number of carbonyl (C=O) groups is 1. The van der Waals surface area contributed by atoms with Gasteiger partial charge >= 0.3 is 0 Å². The number of hydrogen-bond acceptors (Lipinski definition) is 4. The highest BCUT2D eigenvalue weighted by atomic mass is 79.9. The fourth-order valence-electron chi connectivity index (χ4n) is 5.14. The first-order valence-corrected chi connectivity index (χ1v) is 12.0. The monoisotopic (exact) mass is 542 g/mol. The van der Waals surface area contributed by atoms with E-state index < -0.39 is 0 Å². The van der Waals surface area contributed by atoms with Gasteiger partial charge in [0.1, 0.15) is 11.3 Å². The van der Waals surface area contributed by atoms with Crippen molar-refractivity contribution in [2.24, 2.45) is 0 Å². The molecule has 1 amide bonds.